The van der Waals surface area contributed by atoms with Gasteiger partial charge in [0.25, 0.3) is 0 Å². The van der Waals surface area contributed by atoms with Crippen LogP contribution in [-0.4, -0.2) is 26.9 Å². The van der Waals surface area contributed by atoms with Crippen molar-refractivity contribution in [2.45, 2.75) is 26.8 Å². The third-order valence-electron chi connectivity index (χ3n) is 3.03. The van der Waals surface area contributed by atoms with Gasteiger partial charge in [-0.1, -0.05) is 6.92 Å². The Hall–Kier alpha value is -1.27. The van der Waals surface area contributed by atoms with Crippen LogP contribution >= 0.6 is 11.5 Å². The maximum atomic E-state index is 5.67. The molecule has 0 aliphatic rings. The van der Waals surface area contributed by atoms with Crippen molar-refractivity contribution in [3.63, 3.8) is 0 Å². The summed E-state index contributed by atoms with van der Waals surface area (Å²) in [5.41, 5.74) is 6.64. The molecule has 2 aromatic heterocycles. The van der Waals surface area contributed by atoms with E-state index in [-0.39, 0.29) is 6.04 Å². The molecule has 0 aliphatic carbocycles. The standard InChI is InChI=1S/C11H17N5S/c1-6(4-12)7(2)15-10-9-8(3)16-17-11(9)14-5-13-10/h5-7H,4,12H2,1-3H3,(H,13,14,15). The molecule has 6 heteroatoms. The fraction of sp³-hybridized carbons (Fsp3) is 0.545. The molecule has 0 fully saturated rings. The van der Waals surface area contributed by atoms with E-state index in [1.807, 2.05) is 6.92 Å². The van der Waals surface area contributed by atoms with Crippen LogP contribution in [0.1, 0.15) is 19.5 Å². The zero-order valence-electron chi connectivity index (χ0n) is 10.3. The quantitative estimate of drug-likeness (QED) is 0.866. The fourth-order valence-electron chi connectivity index (χ4n) is 1.59. The Morgan fingerprint density at radius 3 is 2.88 bits per heavy atom. The number of anilines is 1. The first kappa shape index (κ1) is 12.2. The molecule has 2 aromatic rings. The minimum atomic E-state index is 0.275. The first-order valence-electron chi connectivity index (χ1n) is 5.67. The zero-order valence-corrected chi connectivity index (χ0v) is 11.1. The second-order valence-electron chi connectivity index (χ2n) is 4.32. The van der Waals surface area contributed by atoms with E-state index >= 15 is 0 Å². The molecule has 0 bridgehead atoms. The highest BCUT2D eigenvalue weighted by molar-refractivity contribution is 7.13. The summed E-state index contributed by atoms with van der Waals surface area (Å²) in [6.45, 7) is 6.86. The highest BCUT2D eigenvalue weighted by atomic mass is 32.1. The van der Waals surface area contributed by atoms with Crippen molar-refractivity contribution in [1.29, 1.82) is 0 Å². The maximum Gasteiger partial charge on any atom is 0.149 e. The van der Waals surface area contributed by atoms with E-state index in [2.05, 4.69) is 33.5 Å². The average Bonchev–Trinajstić information content (AvgIpc) is 2.71. The van der Waals surface area contributed by atoms with Crippen LogP contribution in [-0.2, 0) is 0 Å². The van der Waals surface area contributed by atoms with E-state index < -0.39 is 0 Å². The second-order valence-corrected chi connectivity index (χ2v) is 5.07. The summed E-state index contributed by atoms with van der Waals surface area (Å²) >= 11 is 1.40. The summed E-state index contributed by atoms with van der Waals surface area (Å²) in [6.07, 6.45) is 1.57. The summed E-state index contributed by atoms with van der Waals surface area (Å²) in [6, 6.07) is 0.275. The molecule has 0 aromatic carbocycles. The van der Waals surface area contributed by atoms with Crippen LogP contribution in [0.2, 0.25) is 0 Å². The Labute approximate surface area is 105 Å². The Kier molecular flexibility index (Phi) is 3.54. The molecule has 2 heterocycles. The molecule has 0 spiro atoms. The van der Waals surface area contributed by atoms with Crippen LogP contribution in [0.3, 0.4) is 0 Å². The lowest BCUT2D eigenvalue weighted by atomic mass is 10.0. The van der Waals surface area contributed by atoms with Gasteiger partial charge in [-0.2, -0.15) is 4.37 Å². The number of nitrogens with zero attached hydrogens (tertiary/aromatic N) is 3. The van der Waals surface area contributed by atoms with Crippen molar-refractivity contribution in [3.05, 3.63) is 12.0 Å². The molecule has 0 amide bonds. The van der Waals surface area contributed by atoms with Crippen LogP contribution in [0.5, 0.6) is 0 Å². The molecule has 17 heavy (non-hydrogen) atoms. The summed E-state index contributed by atoms with van der Waals surface area (Å²) in [7, 11) is 0. The summed E-state index contributed by atoms with van der Waals surface area (Å²) in [5, 5.41) is 4.42. The number of aromatic nitrogens is 3. The lowest BCUT2D eigenvalue weighted by Crippen LogP contribution is -2.29. The van der Waals surface area contributed by atoms with E-state index in [1.54, 1.807) is 6.33 Å². The molecule has 3 N–H and O–H groups in total. The van der Waals surface area contributed by atoms with Gasteiger partial charge in [-0.25, -0.2) is 9.97 Å². The molecule has 2 atom stereocenters. The Morgan fingerprint density at radius 1 is 1.41 bits per heavy atom. The summed E-state index contributed by atoms with van der Waals surface area (Å²) < 4.78 is 4.30. The molecule has 0 saturated heterocycles. The maximum absolute atomic E-state index is 5.67. The first-order chi connectivity index (χ1) is 8.13. The number of hydrogen-bond acceptors (Lipinski definition) is 6. The van der Waals surface area contributed by atoms with Crippen molar-refractivity contribution in [1.82, 2.24) is 14.3 Å². The fourth-order valence-corrected chi connectivity index (χ4v) is 2.34. The molecule has 2 unspecified atom stereocenters. The molecule has 0 aliphatic heterocycles. The van der Waals surface area contributed by atoms with Crippen LogP contribution < -0.4 is 11.1 Å². The summed E-state index contributed by atoms with van der Waals surface area (Å²) in [4.78, 5) is 9.44. The van der Waals surface area contributed by atoms with Crippen molar-refractivity contribution < 1.29 is 0 Å². The van der Waals surface area contributed by atoms with Gasteiger partial charge < -0.3 is 11.1 Å². The molecule has 0 radical (unpaired) electrons. The Bertz CT molecular complexity index is 510. The number of fused-ring (bicyclic) bond motifs is 1. The van der Waals surface area contributed by atoms with Crippen LogP contribution in [0.15, 0.2) is 6.33 Å². The average molecular weight is 251 g/mol. The second kappa shape index (κ2) is 4.93. The predicted molar refractivity (Wildman–Crippen MR) is 71.3 cm³/mol. The molecule has 2 rings (SSSR count). The van der Waals surface area contributed by atoms with Gasteiger partial charge in [0.15, 0.2) is 0 Å². The SMILES string of the molecule is Cc1nsc2ncnc(NC(C)C(C)CN)c12. The minimum absolute atomic E-state index is 0.275. The number of rotatable bonds is 4. The largest absolute Gasteiger partial charge is 0.367 e. The topological polar surface area (TPSA) is 76.7 Å². The Morgan fingerprint density at radius 2 is 2.18 bits per heavy atom. The van der Waals surface area contributed by atoms with E-state index in [4.69, 9.17) is 5.73 Å². The van der Waals surface area contributed by atoms with Gasteiger partial charge in [-0.05, 0) is 37.8 Å². The van der Waals surface area contributed by atoms with E-state index in [0.29, 0.717) is 12.5 Å². The third kappa shape index (κ3) is 2.37. The number of nitrogens with one attached hydrogen (secondary N) is 1. The normalized spacial score (nSPS) is 14.8. The monoisotopic (exact) mass is 251 g/mol. The number of nitrogens with two attached hydrogens (primary N) is 1. The zero-order chi connectivity index (χ0) is 12.4. The van der Waals surface area contributed by atoms with Crippen molar-refractivity contribution in [2.24, 2.45) is 11.7 Å². The molecule has 92 valence electrons. The van der Waals surface area contributed by atoms with Crippen molar-refractivity contribution in [3.8, 4) is 0 Å². The predicted octanol–water partition coefficient (Wildman–Crippen LogP) is 1.79. The van der Waals surface area contributed by atoms with Gasteiger partial charge >= 0.3 is 0 Å². The third-order valence-corrected chi connectivity index (χ3v) is 3.88. The number of hydrogen-bond donors (Lipinski definition) is 2. The van der Waals surface area contributed by atoms with Crippen LogP contribution in [0, 0.1) is 12.8 Å². The van der Waals surface area contributed by atoms with Gasteiger partial charge in [0, 0.05) is 6.04 Å². The van der Waals surface area contributed by atoms with Gasteiger partial charge in [0.2, 0.25) is 0 Å². The summed E-state index contributed by atoms with van der Waals surface area (Å²) in [5.74, 6) is 1.25. The van der Waals surface area contributed by atoms with E-state index in [1.165, 1.54) is 11.5 Å². The van der Waals surface area contributed by atoms with Crippen molar-refractivity contribution >= 4 is 27.6 Å². The first-order valence-corrected chi connectivity index (χ1v) is 6.44. The number of aryl methyl sites for hydroxylation is 1. The molecule has 0 saturated carbocycles. The van der Waals surface area contributed by atoms with E-state index in [0.717, 1.165) is 21.7 Å². The van der Waals surface area contributed by atoms with Gasteiger partial charge in [0.1, 0.15) is 17.0 Å². The molecule has 5 nitrogen and oxygen atoms in total. The van der Waals surface area contributed by atoms with E-state index in [9.17, 15) is 0 Å². The smallest absolute Gasteiger partial charge is 0.149 e. The molecular formula is C11H17N5S. The van der Waals surface area contributed by atoms with Gasteiger partial charge in [-0.15, -0.1) is 0 Å². The lowest BCUT2D eigenvalue weighted by Gasteiger charge is -2.20. The molecular weight excluding hydrogens is 234 g/mol. The Balaban J connectivity index is 2.32. The highest BCUT2D eigenvalue weighted by Crippen LogP contribution is 2.26. The lowest BCUT2D eigenvalue weighted by molar-refractivity contribution is 0.520. The minimum Gasteiger partial charge on any atom is -0.367 e. The van der Waals surface area contributed by atoms with Crippen molar-refractivity contribution in [2.75, 3.05) is 11.9 Å². The van der Waals surface area contributed by atoms with Crippen LogP contribution in [0.25, 0.3) is 10.2 Å². The van der Waals surface area contributed by atoms with Gasteiger partial charge in [-0.3, -0.25) is 0 Å². The highest BCUT2D eigenvalue weighted by Gasteiger charge is 2.15. The van der Waals surface area contributed by atoms with Gasteiger partial charge in [0.05, 0.1) is 11.1 Å². The van der Waals surface area contributed by atoms with Crippen LogP contribution in [0.4, 0.5) is 5.82 Å².